The molecule has 1 aromatic rings. The first-order chi connectivity index (χ1) is 8.44. The van der Waals surface area contributed by atoms with Gasteiger partial charge in [0, 0.05) is 18.2 Å². The van der Waals surface area contributed by atoms with E-state index in [1.807, 2.05) is 6.07 Å². The molecule has 0 spiro atoms. The van der Waals surface area contributed by atoms with Crippen LogP contribution in [0, 0.1) is 0 Å². The molecule has 1 aromatic heterocycles. The fourth-order valence-electron chi connectivity index (χ4n) is 1.46. The van der Waals surface area contributed by atoms with Crippen molar-refractivity contribution in [3.63, 3.8) is 0 Å². The summed E-state index contributed by atoms with van der Waals surface area (Å²) in [6.07, 6.45) is 0.127. The Labute approximate surface area is 113 Å². The second-order valence-electron chi connectivity index (χ2n) is 5.46. The summed E-state index contributed by atoms with van der Waals surface area (Å²) in [7, 11) is 0. The summed E-state index contributed by atoms with van der Waals surface area (Å²) >= 11 is 6.13. The Morgan fingerprint density at radius 3 is 2.72 bits per heavy atom. The highest BCUT2D eigenvalue weighted by Crippen LogP contribution is 2.20. The second-order valence-corrected chi connectivity index (χ2v) is 5.87. The normalized spacial score (nSPS) is 16.4. The number of ether oxygens (including phenoxy) is 2. The van der Waals surface area contributed by atoms with Crippen LogP contribution in [0.15, 0.2) is 12.1 Å². The van der Waals surface area contributed by atoms with E-state index in [-0.39, 0.29) is 11.6 Å². The van der Waals surface area contributed by atoms with Crippen molar-refractivity contribution >= 4 is 11.6 Å². The molecule has 0 atom stereocenters. The van der Waals surface area contributed by atoms with Gasteiger partial charge in [-0.25, -0.2) is 4.98 Å². The first-order valence-corrected chi connectivity index (χ1v) is 6.47. The average molecular weight is 271 g/mol. The van der Waals surface area contributed by atoms with E-state index in [1.54, 1.807) is 6.07 Å². The number of hydrogen-bond acceptors (Lipinski definition) is 4. The minimum absolute atomic E-state index is 0.0314. The third kappa shape index (κ3) is 3.83. The fraction of sp³-hybridized carbons (Fsp3) is 0.615. The number of aromatic nitrogens is 1. The number of nitrogens with zero attached hydrogens (tertiary/aromatic N) is 1. The highest BCUT2D eigenvalue weighted by Gasteiger charge is 2.21. The molecule has 0 amide bonds. The summed E-state index contributed by atoms with van der Waals surface area (Å²) in [5.74, 6) is 0.610. The first-order valence-electron chi connectivity index (χ1n) is 6.09. The van der Waals surface area contributed by atoms with Crippen molar-refractivity contribution < 1.29 is 9.47 Å². The zero-order chi connectivity index (χ0) is 13.2. The van der Waals surface area contributed by atoms with Crippen molar-refractivity contribution in [2.24, 2.45) is 0 Å². The lowest BCUT2D eigenvalue weighted by molar-refractivity contribution is -0.0813. The van der Waals surface area contributed by atoms with E-state index < -0.39 is 0 Å². The molecule has 0 saturated carbocycles. The van der Waals surface area contributed by atoms with Gasteiger partial charge >= 0.3 is 0 Å². The molecule has 0 radical (unpaired) electrons. The molecule has 100 valence electrons. The molecular formula is C13H19ClN2O2. The van der Waals surface area contributed by atoms with Crippen LogP contribution in [0.4, 0.5) is 0 Å². The van der Waals surface area contributed by atoms with E-state index in [2.05, 4.69) is 31.1 Å². The Hall–Kier alpha value is -0.840. The number of rotatable bonds is 4. The van der Waals surface area contributed by atoms with Crippen molar-refractivity contribution in [3.05, 3.63) is 22.8 Å². The lowest BCUT2D eigenvalue weighted by Gasteiger charge is -2.26. The zero-order valence-corrected chi connectivity index (χ0v) is 11.8. The maximum Gasteiger partial charge on any atom is 0.214 e. The molecule has 1 fully saturated rings. The molecule has 5 heteroatoms. The Bertz CT molecular complexity index is 414. The lowest BCUT2D eigenvalue weighted by atomic mass is 10.1. The van der Waals surface area contributed by atoms with Crippen LogP contribution in [0.3, 0.4) is 0 Å². The summed E-state index contributed by atoms with van der Waals surface area (Å²) in [5, 5.41) is 4.02. The van der Waals surface area contributed by atoms with Crippen molar-refractivity contribution in [1.29, 1.82) is 0 Å². The van der Waals surface area contributed by atoms with Gasteiger partial charge in [-0.1, -0.05) is 11.6 Å². The van der Waals surface area contributed by atoms with Crippen molar-refractivity contribution in [2.45, 2.75) is 39.0 Å². The largest absolute Gasteiger partial charge is 0.469 e. The van der Waals surface area contributed by atoms with Crippen molar-refractivity contribution in [2.75, 3.05) is 13.2 Å². The van der Waals surface area contributed by atoms with E-state index >= 15 is 0 Å². The Balaban J connectivity index is 2.01. The van der Waals surface area contributed by atoms with Gasteiger partial charge in [-0.05, 0) is 26.8 Å². The zero-order valence-electron chi connectivity index (χ0n) is 11.0. The van der Waals surface area contributed by atoms with Gasteiger partial charge in [-0.3, -0.25) is 0 Å². The summed E-state index contributed by atoms with van der Waals surface area (Å²) in [6.45, 7) is 8.22. The smallest absolute Gasteiger partial charge is 0.214 e. The van der Waals surface area contributed by atoms with E-state index in [4.69, 9.17) is 21.1 Å². The molecule has 1 aliphatic rings. The van der Waals surface area contributed by atoms with E-state index in [0.717, 1.165) is 5.69 Å². The van der Waals surface area contributed by atoms with Gasteiger partial charge in [-0.2, -0.15) is 0 Å². The van der Waals surface area contributed by atoms with Crippen molar-refractivity contribution in [3.8, 4) is 5.88 Å². The third-order valence-electron chi connectivity index (χ3n) is 2.57. The Kier molecular flexibility index (Phi) is 4.10. The Morgan fingerprint density at radius 1 is 1.44 bits per heavy atom. The monoisotopic (exact) mass is 270 g/mol. The summed E-state index contributed by atoms with van der Waals surface area (Å²) in [6, 6.07) is 3.62. The van der Waals surface area contributed by atoms with Crippen molar-refractivity contribution in [1.82, 2.24) is 10.3 Å². The fourth-order valence-corrected chi connectivity index (χ4v) is 1.63. The predicted molar refractivity (Wildman–Crippen MR) is 71.1 cm³/mol. The first kappa shape index (κ1) is 13.6. The second kappa shape index (κ2) is 5.43. The minimum atomic E-state index is 0.0314. The number of pyridine rings is 1. The molecule has 0 bridgehead atoms. The van der Waals surface area contributed by atoms with Crippen LogP contribution in [-0.4, -0.2) is 29.8 Å². The highest BCUT2D eigenvalue weighted by atomic mass is 35.5. The van der Waals surface area contributed by atoms with Crippen LogP contribution in [0.25, 0.3) is 0 Å². The standard InChI is InChI=1S/C13H19ClN2O2/c1-13(2,3)15-6-11-10(14)4-5-12(16-11)18-9-7-17-8-9/h4-5,9,15H,6-8H2,1-3H3. The molecule has 1 saturated heterocycles. The minimum Gasteiger partial charge on any atom is -0.469 e. The lowest BCUT2D eigenvalue weighted by Crippen LogP contribution is -2.39. The molecule has 18 heavy (non-hydrogen) atoms. The molecule has 0 aromatic carbocycles. The van der Waals surface area contributed by atoms with Gasteiger partial charge in [0.2, 0.25) is 5.88 Å². The summed E-state index contributed by atoms with van der Waals surface area (Å²) in [4.78, 5) is 4.42. The maximum atomic E-state index is 6.13. The van der Waals surface area contributed by atoms with Crippen LogP contribution in [0.5, 0.6) is 5.88 Å². The maximum absolute atomic E-state index is 6.13. The van der Waals surface area contributed by atoms with Gasteiger partial charge in [-0.15, -0.1) is 0 Å². The van der Waals surface area contributed by atoms with E-state index in [9.17, 15) is 0 Å². The topological polar surface area (TPSA) is 43.4 Å². The van der Waals surface area contributed by atoms with Crippen LogP contribution in [0.1, 0.15) is 26.5 Å². The molecule has 4 nitrogen and oxygen atoms in total. The molecule has 2 rings (SSSR count). The van der Waals surface area contributed by atoms with Crippen LogP contribution >= 0.6 is 11.6 Å². The molecule has 2 heterocycles. The number of hydrogen-bond donors (Lipinski definition) is 1. The van der Waals surface area contributed by atoms with Crippen LogP contribution in [-0.2, 0) is 11.3 Å². The highest BCUT2D eigenvalue weighted by molar-refractivity contribution is 6.31. The van der Waals surface area contributed by atoms with Gasteiger partial charge in [0.25, 0.3) is 0 Å². The van der Waals surface area contributed by atoms with Gasteiger partial charge in [0.05, 0.1) is 23.9 Å². The molecule has 0 unspecified atom stereocenters. The average Bonchev–Trinajstić information content (AvgIpc) is 2.22. The predicted octanol–water partition coefficient (Wildman–Crippen LogP) is 2.40. The molecule has 0 aliphatic carbocycles. The van der Waals surface area contributed by atoms with E-state index in [1.165, 1.54) is 0 Å². The van der Waals surface area contributed by atoms with Gasteiger partial charge < -0.3 is 14.8 Å². The van der Waals surface area contributed by atoms with E-state index in [0.29, 0.717) is 30.7 Å². The molecule has 1 N–H and O–H groups in total. The van der Waals surface area contributed by atoms with Gasteiger partial charge in [0.1, 0.15) is 6.10 Å². The molecule has 1 aliphatic heterocycles. The number of halogens is 1. The van der Waals surface area contributed by atoms with Crippen LogP contribution < -0.4 is 10.1 Å². The van der Waals surface area contributed by atoms with Crippen LogP contribution in [0.2, 0.25) is 5.02 Å². The Morgan fingerprint density at radius 2 is 2.17 bits per heavy atom. The number of nitrogens with one attached hydrogen (secondary N) is 1. The summed E-state index contributed by atoms with van der Waals surface area (Å²) < 4.78 is 10.7. The molecular weight excluding hydrogens is 252 g/mol. The van der Waals surface area contributed by atoms with Gasteiger partial charge in [0.15, 0.2) is 0 Å². The summed E-state index contributed by atoms with van der Waals surface area (Å²) in [5.41, 5.74) is 0.841. The SMILES string of the molecule is CC(C)(C)NCc1nc(OC2COC2)ccc1Cl. The quantitative estimate of drug-likeness (QED) is 0.912. The third-order valence-corrected chi connectivity index (χ3v) is 2.92.